The summed E-state index contributed by atoms with van der Waals surface area (Å²) in [5.41, 5.74) is 1.29. The Morgan fingerprint density at radius 1 is 1.24 bits per heavy atom. The normalized spacial score (nSPS) is 16.0. The Kier molecular flexibility index (Phi) is 5.92. The summed E-state index contributed by atoms with van der Waals surface area (Å²) in [6.07, 6.45) is 1.60. The smallest absolute Gasteiger partial charge is 0.319 e. The van der Waals surface area contributed by atoms with Crippen LogP contribution in [-0.4, -0.2) is 18.5 Å². The zero-order chi connectivity index (χ0) is 21.0. The van der Waals surface area contributed by atoms with Crippen molar-refractivity contribution in [2.75, 3.05) is 11.9 Å². The SMILES string of the molecule is C=CCOc1cccc([C@@H]2NC(=O)NC(C)=C2C(=O)Nc2ccc(F)c(F)c2)c1. The van der Waals surface area contributed by atoms with Gasteiger partial charge in [-0.05, 0) is 36.8 Å². The number of amides is 3. The Bertz CT molecular complexity index is 1000. The van der Waals surface area contributed by atoms with Gasteiger partial charge in [0.05, 0.1) is 11.6 Å². The highest BCUT2D eigenvalue weighted by Gasteiger charge is 2.31. The van der Waals surface area contributed by atoms with Crippen LogP contribution in [-0.2, 0) is 4.79 Å². The van der Waals surface area contributed by atoms with Crippen molar-refractivity contribution in [3.05, 3.63) is 83.6 Å². The molecule has 1 aliphatic rings. The van der Waals surface area contributed by atoms with Crippen molar-refractivity contribution >= 4 is 17.6 Å². The minimum absolute atomic E-state index is 0.0907. The van der Waals surface area contributed by atoms with Crippen molar-refractivity contribution < 1.29 is 23.1 Å². The van der Waals surface area contributed by atoms with E-state index >= 15 is 0 Å². The van der Waals surface area contributed by atoms with Crippen molar-refractivity contribution in [2.45, 2.75) is 13.0 Å². The highest BCUT2D eigenvalue weighted by Crippen LogP contribution is 2.30. The number of halogens is 2. The average molecular weight is 399 g/mol. The van der Waals surface area contributed by atoms with Crippen LogP contribution < -0.4 is 20.7 Å². The molecule has 0 saturated carbocycles. The second-order valence-electron chi connectivity index (χ2n) is 6.33. The number of allylic oxidation sites excluding steroid dienone is 1. The Morgan fingerprint density at radius 2 is 2.03 bits per heavy atom. The van der Waals surface area contributed by atoms with E-state index in [2.05, 4.69) is 22.5 Å². The first-order chi connectivity index (χ1) is 13.9. The Labute approximate surface area is 166 Å². The number of ether oxygens (including phenoxy) is 1. The molecule has 0 fully saturated rings. The first-order valence-corrected chi connectivity index (χ1v) is 8.77. The number of rotatable bonds is 6. The number of anilines is 1. The van der Waals surface area contributed by atoms with Gasteiger partial charge < -0.3 is 20.7 Å². The summed E-state index contributed by atoms with van der Waals surface area (Å²) in [5.74, 6) is -2.11. The lowest BCUT2D eigenvalue weighted by molar-refractivity contribution is -0.113. The first kappa shape index (κ1) is 20.1. The molecule has 1 aliphatic heterocycles. The summed E-state index contributed by atoms with van der Waals surface area (Å²) in [4.78, 5) is 24.9. The molecule has 8 heteroatoms. The number of carbonyl (C=O) groups is 2. The zero-order valence-electron chi connectivity index (χ0n) is 15.6. The van der Waals surface area contributed by atoms with Gasteiger partial charge in [0, 0.05) is 17.5 Å². The maximum atomic E-state index is 13.5. The van der Waals surface area contributed by atoms with Crippen molar-refractivity contribution in [1.82, 2.24) is 10.6 Å². The van der Waals surface area contributed by atoms with E-state index in [9.17, 15) is 18.4 Å². The number of hydrogen-bond acceptors (Lipinski definition) is 3. The molecule has 3 rings (SSSR count). The molecule has 0 aliphatic carbocycles. The quantitative estimate of drug-likeness (QED) is 0.647. The van der Waals surface area contributed by atoms with Crippen molar-refractivity contribution in [3.8, 4) is 5.75 Å². The van der Waals surface area contributed by atoms with Gasteiger partial charge in [-0.2, -0.15) is 0 Å². The molecule has 1 atom stereocenters. The number of carbonyl (C=O) groups excluding carboxylic acids is 2. The van der Waals surface area contributed by atoms with Gasteiger partial charge >= 0.3 is 6.03 Å². The molecular formula is C21H19F2N3O3. The van der Waals surface area contributed by atoms with Crippen LogP contribution in [0.4, 0.5) is 19.3 Å². The molecule has 29 heavy (non-hydrogen) atoms. The lowest BCUT2D eigenvalue weighted by Crippen LogP contribution is -2.46. The summed E-state index contributed by atoms with van der Waals surface area (Å²) in [7, 11) is 0. The van der Waals surface area contributed by atoms with E-state index in [4.69, 9.17) is 4.74 Å². The third-order valence-electron chi connectivity index (χ3n) is 4.25. The van der Waals surface area contributed by atoms with E-state index in [0.29, 0.717) is 23.6 Å². The lowest BCUT2D eigenvalue weighted by atomic mass is 9.94. The fourth-order valence-electron chi connectivity index (χ4n) is 2.96. The van der Waals surface area contributed by atoms with Gasteiger partial charge in [-0.1, -0.05) is 24.8 Å². The van der Waals surface area contributed by atoms with Crippen LogP contribution in [0.5, 0.6) is 5.75 Å². The van der Waals surface area contributed by atoms with Crippen LogP contribution in [0, 0.1) is 11.6 Å². The van der Waals surface area contributed by atoms with Crippen LogP contribution in [0.2, 0.25) is 0 Å². The third-order valence-corrected chi connectivity index (χ3v) is 4.25. The van der Waals surface area contributed by atoms with E-state index in [1.54, 1.807) is 37.3 Å². The minimum Gasteiger partial charge on any atom is -0.490 e. The fourth-order valence-corrected chi connectivity index (χ4v) is 2.96. The van der Waals surface area contributed by atoms with Crippen LogP contribution in [0.3, 0.4) is 0 Å². The van der Waals surface area contributed by atoms with E-state index < -0.39 is 29.6 Å². The zero-order valence-corrected chi connectivity index (χ0v) is 15.6. The lowest BCUT2D eigenvalue weighted by Gasteiger charge is -2.29. The van der Waals surface area contributed by atoms with Crippen molar-refractivity contribution in [1.29, 1.82) is 0 Å². The van der Waals surface area contributed by atoms with Crippen LogP contribution in [0.1, 0.15) is 18.5 Å². The highest BCUT2D eigenvalue weighted by atomic mass is 19.2. The highest BCUT2D eigenvalue weighted by molar-refractivity contribution is 6.06. The van der Waals surface area contributed by atoms with Gasteiger partial charge in [-0.15, -0.1) is 0 Å². The molecular weight excluding hydrogens is 380 g/mol. The standard InChI is InChI=1S/C21H19F2N3O3/c1-3-9-29-15-6-4-5-13(10-15)19-18(12(2)24-21(28)26-19)20(27)25-14-7-8-16(22)17(23)11-14/h3-8,10-11,19H,1,9H2,2H3,(H,25,27)(H2,24,26,28)/t19-/m0/s1. The van der Waals surface area contributed by atoms with E-state index in [-0.39, 0.29) is 11.3 Å². The molecule has 1 heterocycles. The summed E-state index contributed by atoms with van der Waals surface area (Å²) < 4.78 is 32.1. The molecule has 0 aromatic heterocycles. The Hall–Kier alpha value is -3.68. The summed E-state index contributed by atoms with van der Waals surface area (Å²) >= 11 is 0. The average Bonchev–Trinajstić information content (AvgIpc) is 2.68. The molecule has 3 amide bonds. The van der Waals surface area contributed by atoms with E-state index in [0.717, 1.165) is 12.1 Å². The molecule has 2 aromatic rings. The third kappa shape index (κ3) is 4.60. The molecule has 0 radical (unpaired) electrons. The number of hydrogen-bond donors (Lipinski definition) is 3. The predicted molar refractivity (Wildman–Crippen MR) is 104 cm³/mol. The summed E-state index contributed by atoms with van der Waals surface area (Å²) in [6.45, 7) is 5.49. The summed E-state index contributed by atoms with van der Waals surface area (Å²) in [5, 5.41) is 7.79. The van der Waals surface area contributed by atoms with Gasteiger partial charge in [0.15, 0.2) is 11.6 Å². The molecule has 0 saturated heterocycles. The molecule has 0 spiro atoms. The maximum Gasteiger partial charge on any atom is 0.319 e. The topological polar surface area (TPSA) is 79.5 Å². The number of urea groups is 1. The molecule has 2 aromatic carbocycles. The van der Waals surface area contributed by atoms with Crippen molar-refractivity contribution in [2.24, 2.45) is 0 Å². The van der Waals surface area contributed by atoms with Gasteiger partial charge in [-0.3, -0.25) is 4.79 Å². The van der Waals surface area contributed by atoms with Gasteiger partial charge in [0.25, 0.3) is 5.91 Å². The predicted octanol–water partition coefficient (Wildman–Crippen LogP) is 3.80. The van der Waals surface area contributed by atoms with Crippen LogP contribution in [0.15, 0.2) is 66.4 Å². The second-order valence-corrected chi connectivity index (χ2v) is 6.33. The van der Waals surface area contributed by atoms with Crippen LogP contribution >= 0.6 is 0 Å². The molecule has 0 bridgehead atoms. The summed E-state index contributed by atoms with van der Waals surface area (Å²) in [6, 6.07) is 8.76. The fraction of sp³-hybridized carbons (Fsp3) is 0.143. The molecule has 3 N–H and O–H groups in total. The molecule has 150 valence electrons. The molecule has 6 nitrogen and oxygen atoms in total. The molecule has 0 unspecified atom stereocenters. The number of nitrogens with one attached hydrogen (secondary N) is 3. The van der Waals surface area contributed by atoms with E-state index in [1.165, 1.54) is 6.07 Å². The van der Waals surface area contributed by atoms with Crippen molar-refractivity contribution in [3.63, 3.8) is 0 Å². The largest absolute Gasteiger partial charge is 0.490 e. The van der Waals surface area contributed by atoms with Gasteiger partial charge in [0.2, 0.25) is 0 Å². The Balaban J connectivity index is 1.92. The first-order valence-electron chi connectivity index (χ1n) is 8.77. The Morgan fingerprint density at radius 3 is 2.76 bits per heavy atom. The monoisotopic (exact) mass is 399 g/mol. The maximum absolute atomic E-state index is 13.5. The van der Waals surface area contributed by atoms with E-state index in [1.807, 2.05) is 0 Å². The van der Waals surface area contributed by atoms with Crippen LogP contribution in [0.25, 0.3) is 0 Å². The second kappa shape index (κ2) is 8.55. The number of benzene rings is 2. The van der Waals surface area contributed by atoms with Gasteiger partial charge in [0.1, 0.15) is 12.4 Å². The minimum atomic E-state index is -1.08. The van der Waals surface area contributed by atoms with Gasteiger partial charge in [-0.25, -0.2) is 13.6 Å².